The van der Waals surface area contributed by atoms with Crippen molar-refractivity contribution in [2.45, 2.75) is 64.7 Å². The molecule has 1 unspecified atom stereocenters. The first kappa shape index (κ1) is 16.9. The average Bonchev–Trinajstić information content (AvgIpc) is 3.27. The van der Waals surface area contributed by atoms with Gasteiger partial charge in [0.25, 0.3) is 0 Å². The van der Waals surface area contributed by atoms with Crippen molar-refractivity contribution in [3.05, 3.63) is 28.8 Å². The van der Waals surface area contributed by atoms with Crippen LogP contribution in [0.15, 0.2) is 12.1 Å². The largest absolute Gasteiger partial charge is 0.496 e. The Morgan fingerprint density at radius 3 is 2.00 bits per heavy atom. The highest BCUT2D eigenvalue weighted by Gasteiger charge is 2.34. The number of ether oxygens (including phenoxy) is 1. The van der Waals surface area contributed by atoms with E-state index in [-0.39, 0.29) is 12.3 Å². The van der Waals surface area contributed by atoms with Crippen LogP contribution in [0.25, 0.3) is 0 Å². The third kappa shape index (κ3) is 3.63. The summed E-state index contributed by atoms with van der Waals surface area (Å²) in [5.74, 6) is 1.65. The van der Waals surface area contributed by atoms with Crippen molar-refractivity contribution in [2.24, 2.45) is 5.92 Å². The van der Waals surface area contributed by atoms with E-state index in [0.29, 0.717) is 17.8 Å². The molecule has 0 saturated heterocycles. The van der Waals surface area contributed by atoms with E-state index < -0.39 is 5.97 Å². The Kier molecular flexibility index (Phi) is 5.15. The van der Waals surface area contributed by atoms with Gasteiger partial charge in [0.2, 0.25) is 0 Å². The van der Waals surface area contributed by atoms with Crippen LogP contribution in [0, 0.1) is 5.92 Å². The molecule has 1 aliphatic carbocycles. The molecular formula is C19H28O3. The summed E-state index contributed by atoms with van der Waals surface area (Å²) < 4.78 is 5.67. The van der Waals surface area contributed by atoms with Gasteiger partial charge in [-0.1, -0.05) is 39.8 Å². The standard InChI is InChI=1S/C19H28O3/c1-11(2)15-8-14(9-16(12(3)4)19(15)22-5)17(10-18(20)21)13-6-7-13/h8-9,11-13,17H,6-7,10H2,1-5H3,(H,20,21). The molecule has 0 heterocycles. The van der Waals surface area contributed by atoms with Gasteiger partial charge in [-0.05, 0) is 53.2 Å². The molecule has 22 heavy (non-hydrogen) atoms. The molecule has 1 aromatic carbocycles. The second kappa shape index (κ2) is 6.72. The van der Waals surface area contributed by atoms with Crippen LogP contribution in [0.4, 0.5) is 0 Å². The molecule has 0 amide bonds. The molecular weight excluding hydrogens is 276 g/mol. The Hall–Kier alpha value is -1.51. The van der Waals surface area contributed by atoms with Gasteiger partial charge in [-0.25, -0.2) is 0 Å². The number of carbonyl (C=O) groups is 1. The van der Waals surface area contributed by atoms with Crippen LogP contribution in [0.5, 0.6) is 5.75 Å². The number of carboxylic acids is 1. The van der Waals surface area contributed by atoms with Gasteiger partial charge in [0.15, 0.2) is 0 Å². The molecule has 2 rings (SSSR count). The highest BCUT2D eigenvalue weighted by molar-refractivity contribution is 5.68. The molecule has 0 aromatic heterocycles. The maximum Gasteiger partial charge on any atom is 0.303 e. The Morgan fingerprint density at radius 2 is 1.68 bits per heavy atom. The van der Waals surface area contributed by atoms with Crippen molar-refractivity contribution in [2.75, 3.05) is 7.11 Å². The Balaban J connectivity index is 2.52. The normalized spacial score (nSPS) is 16.1. The van der Waals surface area contributed by atoms with Crippen molar-refractivity contribution >= 4 is 5.97 Å². The van der Waals surface area contributed by atoms with Crippen molar-refractivity contribution in [1.29, 1.82) is 0 Å². The third-order valence-electron chi connectivity index (χ3n) is 4.63. The molecule has 3 nitrogen and oxygen atoms in total. The summed E-state index contributed by atoms with van der Waals surface area (Å²) in [7, 11) is 1.72. The van der Waals surface area contributed by atoms with Crippen LogP contribution in [0.2, 0.25) is 0 Å². The first-order chi connectivity index (χ1) is 10.3. The van der Waals surface area contributed by atoms with Gasteiger partial charge in [-0.3, -0.25) is 4.79 Å². The molecule has 122 valence electrons. The van der Waals surface area contributed by atoms with Gasteiger partial charge in [-0.2, -0.15) is 0 Å². The summed E-state index contributed by atoms with van der Waals surface area (Å²) >= 11 is 0. The number of hydrogen-bond donors (Lipinski definition) is 1. The maximum absolute atomic E-state index is 11.3. The zero-order valence-electron chi connectivity index (χ0n) is 14.3. The minimum absolute atomic E-state index is 0.137. The van der Waals surface area contributed by atoms with E-state index in [1.165, 1.54) is 16.7 Å². The monoisotopic (exact) mass is 304 g/mol. The molecule has 1 saturated carbocycles. The molecule has 1 N–H and O–H groups in total. The van der Waals surface area contributed by atoms with Crippen molar-refractivity contribution in [3.63, 3.8) is 0 Å². The summed E-state index contributed by atoms with van der Waals surface area (Å²) in [6.07, 6.45) is 2.53. The summed E-state index contributed by atoms with van der Waals surface area (Å²) in [4.78, 5) is 11.3. The van der Waals surface area contributed by atoms with Gasteiger partial charge >= 0.3 is 5.97 Å². The highest BCUT2D eigenvalue weighted by atomic mass is 16.5. The summed E-state index contributed by atoms with van der Waals surface area (Å²) in [6, 6.07) is 4.36. The van der Waals surface area contributed by atoms with E-state index in [9.17, 15) is 9.90 Å². The first-order valence-electron chi connectivity index (χ1n) is 8.28. The van der Waals surface area contributed by atoms with Crippen LogP contribution in [-0.4, -0.2) is 18.2 Å². The second-order valence-electron chi connectivity index (χ2n) is 7.08. The van der Waals surface area contributed by atoms with Crippen molar-refractivity contribution in [3.8, 4) is 5.75 Å². The SMILES string of the molecule is COc1c(C(C)C)cc(C(CC(=O)O)C2CC2)cc1C(C)C. The average molecular weight is 304 g/mol. The highest BCUT2D eigenvalue weighted by Crippen LogP contribution is 2.47. The minimum Gasteiger partial charge on any atom is -0.496 e. The molecule has 0 aliphatic heterocycles. The molecule has 0 radical (unpaired) electrons. The fraction of sp³-hybridized carbons (Fsp3) is 0.632. The Morgan fingerprint density at radius 1 is 1.18 bits per heavy atom. The third-order valence-corrected chi connectivity index (χ3v) is 4.63. The van der Waals surface area contributed by atoms with Gasteiger partial charge in [-0.15, -0.1) is 0 Å². The van der Waals surface area contributed by atoms with Gasteiger partial charge in [0, 0.05) is 0 Å². The lowest BCUT2D eigenvalue weighted by Gasteiger charge is -2.23. The summed E-state index contributed by atoms with van der Waals surface area (Å²) in [6.45, 7) is 8.65. The van der Waals surface area contributed by atoms with Crippen LogP contribution in [-0.2, 0) is 4.79 Å². The smallest absolute Gasteiger partial charge is 0.303 e. The van der Waals surface area contributed by atoms with Gasteiger partial charge < -0.3 is 9.84 Å². The molecule has 0 spiro atoms. The molecule has 0 bridgehead atoms. The fourth-order valence-electron chi connectivity index (χ4n) is 3.25. The zero-order chi connectivity index (χ0) is 16.4. The van der Waals surface area contributed by atoms with Crippen LogP contribution in [0.1, 0.15) is 81.4 Å². The van der Waals surface area contributed by atoms with Crippen molar-refractivity contribution in [1.82, 2.24) is 0 Å². The number of rotatable bonds is 7. The Bertz CT molecular complexity index is 513. The summed E-state index contributed by atoms with van der Waals surface area (Å²) in [5.41, 5.74) is 3.57. The van der Waals surface area contributed by atoms with Gasteiger partial charge in [0.1, 0.15) is 5.75 Å². The lowest BCUT2D eigenvalue weighted by molar-refractivity contribution is -0.137. The number of methoxy groups -OCH3 is 1. The molecule has 1 fully saturated rings. The van der Waals surface area contributed by atoms with E-state index in [4.69, 9.17) is 4.74 Å². The van der Waals surface area contributed by atoms with Gasteiger partial charge in [0.05, 0.1) is 13.5 Å². The van der Waals surface area contributed by atoms with Crippen LogP contribution < -0.4 is 4.74 Å². The lowest BCUT2D eigenvalue weighted by atomic mass is 9.84. The van der Waals surface area contributed by atoms with Crippen LogP contribution >= 0.6 is 0 Å². The Labute approximate surface area is 133 Å². The minimum atomic E-state index is -0.704. The number of benzene rings is 1. The van der Waals surface area contributed by atoms with E-state index in [0.717, 1.165) is 18.6 Å². The summed E-state index contributed by atoms with van der Waals surface area (Å²) in [5, 5.41) is 9.25. The van der Waals surface area contributed by atoms with Crippen LogP contribution in [0.3, 0.4) is 0 Å². The molecule has 1 aliphatic rings. The van der Waals surface area contributed by atoms with E-state index >= 15 is 0 Å². The molecule has 1 aromatic rings. The predicted molar refractivity (Wildman–Crippen MR) is 88.9 cm³/mol. The maximum atomic E-state index is 11.3. The fourth-order valence-corrected chi connectivity index (χ4v) is 3.25. The number of hydrogen-bond acceptors (Lipinski definition) is 2. The lowest BCUT2D eigenvalue weighted by Crippen LogP contribution is -2.11. The molecule has 3 heteroatoms. The zero-order valence-corrected chi connectivity index (χ0v) is 14.3. The van der Waals surface area contributed by atoms with E-state index in [2.05, 4.69) is 39.8 Å². The first-order valence-corrected chi connectivity index (χ1v) is 8.28. The second-order valence-corrected chi connectivity index (χ2v) is 7.08. The van der Waals surface area contributed by atoms with E-state index in [1.54, 1.807) is 7.11 Å². The number of carboxylic acid groups (broad SMARTS) is 1. The molecule has 1 atom stereocenters. The number of aliphatic carboxylic acids is 1. The quantitative estimate of drug-likeness (QED) is 0.778. The predicted octanol–water partition coefficient (Wildman–Crippen LogP) is 4.91. The topological polar surface area (TPSA) is 46.5 Å². The van der Waals surface area contributed by atoms with E-state index in [1.807, 2.05) is 0 Å². The van der Waals surface area contributed by atoms with Crippen molar-refractivity contribution < 1.29 is 14.6 Å².